The summed E-state index contributed by atoms with van der Waals surface area (Å²) < 4.78 is 26.3. The van der Waals surface area contributed by atoms with E-state index in [-0.39, 0.29) is 0 Å². The molecule has 33 heavy (non-hydrogen) atoms. The molecule has 0 amide bonds. The van der Waals surface area contributed by atoms with Crippen molar-refractivity contribution in [1.82, 2.24) is 0 Å². The number of hydrogen-bond donors (Lipinski definition) is 0. The van der Waals surface area contributed by atoms with Gasteiger partial charge in [0.25, 0.3) is 0 Å². The minimum Gasteiger partial charge on any atom is -0.204 e. The highest BCUT2D eigenvalue weighted by atomic mass is 19.2. The van der Waals surface area contributed by atoms with Crippen molar-refractivity contribution in [2.24, 2.45) is 23.7 Å². The first-order valence-corrected chi connectivity index (χ1v) is 12.7. The van der Waals surface area contributed by atoms with Gasteiger partial charge >= 0.3 is 0 Å². The van der Waals surface area contributed by atoms with Crippen LogP contribution in [0.1, 0.15) is 87.8 Å². The third-order valence-corrected chi connectivity index (χ3v) is 7.60. The van der Waals surface area contributed by atoms with Crippen molar-refractivity contribution in [1.29, 1.82) is 0 Å². The molecule has 0 spiro atoms. The van der Waals surface area contributed by atoms with E-state index >= 15 is 0 Å². The molecule has 0 saturated heterocycles. The minimum atomic E-state index is -0.874. The molecule has 0 bridgehead atoms. The Morgan fingerprint density at radius 1 is 0.667 bits per heavy atom. The lowest BCUT2D eigenvalue weighted by Gasteiger charge is -2.37. The van der Waals surface area contributed by atoms with Crippen LogP contribution in [-0.4, -0.2) is 0 Å². The van der Waals surface area contributed by atoms with Gasteiger partial charge in [0.05, 0.1) is 0 Å². The maximum Gasteiger partial charge on any atom is 0.160 e. The Labute approximate surface area is 198 Å². The number of rotatable bonds is 3. The van der Waals surface area contributed by atoms with Crippen LogP contribution in [0.4, 0.5) is 8.78 Å². The van der Waals surface area contributed by atoms with E-state index in [0.717, 1.165) is 41.0 Å². The van der Waals surface area contributed by atoms with E-state index in [1.807, 2.05) is 24.3 Å². The Hall–Kier alpha value is -2.58. The Kier molecular flexibility index (Phi) is 8.23. The monoisotopic (exact) mass is 444 g/mol. The van der Waals surface area contributed by atoms with Crippen molar-refractivity contribution >= 4 is 0 Å². The molecule has 0 atom stereocenters. The van der Waals surface area contributed by atoms with Gasteiger partial charge in [-0.3, -0.25) is 0 Å². The molecule has 0 unspecified atom stereocenters. The average molecular weight is 445 g/mol. The van der Waals surface area contributed by atoms with Crippen LogP contribution in [0.2, 0.25) is 0 Å². The molecule has 2 saturated carbocycles. The summed E-state index contributed by atoms with van der Waals surface area (Å²) in [5.74, 6) is 14.4. The van der Waals surface area contributed by atoms with Crippen LogP contribution in [0.5, 0.6) is 0 Å². The van der Waals surface area contributed by atoms with Crippen molar-refractivity contribution in [3.8, 4) is 23.7 Å². The molecule has 0 nitrogen and oxygen atoms in total. The fourth-order valence-corrected chi connectivity index (χ4v) is 5.63. The van der Waals surface area contributed by atoms with Gasteiger partial charge in [-0.15, -0.1) is 0 Å². The van der Waals surface area contributed by atoms with Gasteiger partial charge in [0.1, 0.15) is 0 Å². The van der Waals surface area contributed by atoms with E-state index in [0.29, 0.717) is 11.5 Å². The van der Waals surface area contributed by atoms with E-state index in [2.05, 4.69) is 30.6 Å². The summed E-state index contributed by atoms with van der Waals surface area (Å²) in [5, 5.41) is 0. The van der Waals surface area contributed by atoms with Gasteiger partial charge in [0, 0.05) is 22.6 Å². The zero-order valence-electron chi connectivity index (χ0n) is 19.7. The molecule has 2 heteroatoms. The zero-order chi connectivity index (χ0) is 23.0. The molecule has 0 aromatic heterocycles. The molecule has 0 aliphatic heterocycles. The summed E-state index contributed by atoms with van der Waals surface area (Å²) in [6, 6.07) is 11.5. The van der Waals surface area contributed by atoms with Crippen LogP contribution in [0.15, 0.2) is 42.5 Å². The van der Waals surface area contributed by atoms with Gasteiger partial charge < -0.3 is 0 Å². The van der Waals surface area contributed by atoms with Crippen molar-refractivity contribution in [2.45, 2.75) is 71.1 Å². The molecule has 172 valence electrons. The summed E-state index contributed by atoms with van der Waals surface area (Å²) in [6.45, 7) is 2.32. The maximum atomic E-state index is 13.3. The summed E-state index contributed by atoms with van der Waals surface area (Å²) in [5.41, 5.74) is 2.30. The fourth-order valence-electron chi connectivity index (χ4n) is 5.63. The second-order valence-electron chi connectivity index (χ2n) is 9.91. The topological polar surface area (TPSA) is 0 Å². The molecule has 0 radical (unpaired) electrons. The summed E-state index contributed by atoms with van der Waals surface area (Å²) in [4.78, 5) is 0. The third kappa shape index (κ3) is 6.71. The van der Waals surface area contributed by atoms with E-state index in [1.54, 1.807) is 0 Å². The number of benzene rings is 2. The quantitative estimate of drug-likeness (QED) is 0.419. The second-order valence-corrected chi connectivity index (χ2v) is 9.91. The lowest BCUT2D eigenvalue weighted by atomic mass is 9.69. The summed E-state index contributed by atoms with van der Waals surface area (Å²) in [7, 11) is 0. The predicted octanol–water partition coefficient (Wildman–Crippen LogP) is 8.13. The first-order chi connectivity index (χ1) is 16.1. The first kappa shape index (κ1) is 23.6. The molecule has 2 aliphatic carbocycles. The molecular weight excluding hydrogens is 410 g/mol. The highest BCUT2D eigenvalue weighted by Gasteiger charge is 2.30. The molecule has 2 aliphatic rings. The number of hydrogen-bond acceptors (Lipinski definition) is 0. The molecule has 0 heterocycles. The van der Waals surface area contributed by atoms with Gasteiger partial charge in [-0.2, -0.15) is 0 Å². The van der Waals surface area contributed by atoms with Crippen molar-refractivity contribution in [2.75, 3.05) is 0 Å². The second kappa shape index (κ2) is 11.5. The van der Waals surface area contributed by atoms with Gasteiger partial charge in [0.15, 0.2) is 11.6 Å². The van der Waals surface area contributed by atoms with Crippen molar-refractivity contribution < 1.29 is 8.78 Å². The summed E-state index contributed by atoms with van der Waals surface area (Å²) >= 11 is 0. The standard InChI is InChI=1S/C31H34F2/c1-2-3-23-12-17-28(18-13-23)29-19-14-26(15-20-29)9-8-24-4-6-25(7-5-24)10-11-27-16-21-30(32)31(33)22-27/h4-7,16,21-23,26,28-29H,2-3,12-15,17-20H2,1H3. The Morgan fingerprint density at radius 2 is 1.21 bits per heavy atom. The summed E-state index contributed by atoms with van der Waals surface area (Å²) in [6.07, 6.45) is 13.8. The normalized spacial score (nSPS) is 24.8. The molecule has 2 aromatic rings. The molecule has 2 aromatic carbocycles. The third-order valence-electron chi connectivity index (χ3n) is 7.60. The molecule has 4 rings (SSSR count). The Balaban J connectivity index is 1.26. The van der Waals surface area contributed by atoms with Gasteiger partial charge in [-0.05, 0) is 98.7 Å². The van der Waals surface area contributed by atoms with E-state index in [9.17, 15) is 8.78 Å². The molecule has 0 N–H and O–H groups in total. The Bertz CT molecular complexity index is 1030. The van der Waals surface area contributed by atoms with E-state index in [4.69, 9.17) is 0 Å². The maximum absolute atomic E-state index is 13.3. The van der Waals surface area contributed by atoms with Crippen LogP contribution in [0.25, 0.3) is 0 Å². The van der Waals surface area contributed by atoms with Crippen LogP contribution < -0.4 is 0 Å². The minimum absolute atomic E-state index is 0.461. The predicted molar refractivity (Wildman–Crippen MR) is 131 cm³/mol. The van der Waals surface area contributed by atoms with Crippen molar-refractivity contribution in [3.05, 3.63) is 70.8 Å². The molecular formula is C31H34F2. The van der Waals surface area contributed by atoms with Crippen LogP contribution in [0.3, 0.4) is 0 Å². The Morgan fingerprint density at radius 3 is 1.82 bits per heavy atom. The van der Waals surface area contributed by atoms with Gasteiger partial charge in [-0.25, -0.2) is 8.78 Å². The lowest BCUT2D eigenvalue weighted by molar-refractivity contribution is 0.154. The largest absolute Gasteiger partial charge is 0.204 e. The lowest BCUT2D eigenvalue weighted by Crippen LogP contribution is -2.25. The van der Waals surface area contributed by atoms with Crippen LogP contribution >= 0.6 is 0 Å². The van der Waals surface area contributed by atoms with Crippen LogP contribution in [0, 0.1) is 59.0 Å². The average Bonchev–Trinajstić information content (AvgIpc) is 2.85. The van der Waals surface area contributed by atoms with Gasteiger partial charge in [-0.1, -0.05) is 56.3 Å². The highest BCUT2D eigenvalue weighted by molar-refractivity contribution is 5.46. The van der Waals surface area contributed by atoms with E-state index < -0.39 is 11.6 Å². The zero-order valence-corrected chi connectivity index (χ0v) is 19.7. The SMILES string of the molecule is CCCC1CCC(C2CCC(C#Cc3ccc(C#Cc4ccc(F)c(F)c4)cc3)CC2)CC1. The molecule has 2 fully saturated rings. The smallest absolute Gasteiger partial charge is 0.160 e. The number of halogens is 2. The first-order valence-electron chi connectivity index (χ1n) is 12.7. The fraction of sp³-hybridized carbons (Fsp3) is 0.484. The van der Waals surface area contributed by atoms with Crippen LogP contribution in [-0.2, 0) is 0 Å². The van der Waals surface area contributed by atoms with Crippen molar-refractivity contribution in [3.63, 3.8) is 0 Å². The highest BCUT2D eigenvalue weighted by Crippen LogP contribution is 2.42. The van der Waals surface area contributed by atoms with Gasteiger partial charge in [0.2, 0.25) is 0 Å². The van der Waals surface area contributed by atoms with E-state index in [1.165, 1.54) is 70.3 Å².